The summed E-state index contributed by atoms with van der Waals surface area (Å²) in [5.41, 5.74) is 1.93. The molecule has 1 aliphatic heterocycles. The van der Waals surface area contributed by atoms with Gasteiger partial charge in [0.1, 0.15) is 0 Å². The Morgan fingerprint density at radius 1 is 1.15 bits per heavy atom. The number of rotatable bonds is 5. The van der Waals surface area contributed by atoms with Crippen molar-refractivity contribution in [3.05, 3.63) is 88.0 Å². The minimum Gasteiger partial charge on any atom is -0.478 e. The number of aliphatic carboxylic acids is 1. The molecule has 0 spiro atoms. The molecule has 0 aliphatic carbocycles. The Labute approximate surface area is 154 Å². The number of carboxylic acid groups (broad SMARTS) is 1. The summed E-state index contributed by atoms with van der Waals surface area (Å²) in [7, 11) is 0. The van der Waals surface area contributed by atoms with Crippen LogP contribution in [0, 0.1) is 10.1 Å². The number of non-ortho nitro benzene ring substituents is 1. The van der Waals surface area contributed by atoms with Crippen LogP contribution in [-0.2, 0) is 9.59 Å². The third kappa shape index (κ3) is 4.06. The van der Waals surface area contributed by atoms with Gasteiger partial charge in [0.05, 0.1) is 16.7 Å². The molecule has 8 heteroatoms. The molecule has 2 aromatic carbocycles. The zero-order valence-corrected chi connectivity index (χ0v) is 14.1. The van der Waals surface area contributed by atoms with E-state index in [1.54, 1.807) is 12.1 Å². The van der Waals surface area contributed by atoms with Gasteiger partial charge in [-0.3, -0.25) is 14.9 Å². The summed E-state index contributed by atoms with van der Waals surface area (Å²) in [6, 6.07) is 14.7. The third-order valence-electron chi connectivity index (χ3n) is 4.08. The molecule has 136 valence electrons. The van der Waals surface area contributed by atoms with Crippen molar-refractivity contribution in [1.82, 2.24) is 5.01 Å². The van der Waals surface area contributed by atoms with Crippen molar-refractivity contribution in [2.75, 3.05) is 0 Å². The molecule has 2 aromatic rings. The number of nitrogens with zero attached hydrogens (tertiary/aromatic N) is 3. The Morgan fingerprint density at radius 2 is 1.89 bits per heavy atom. The molecular weight excluding hydrogens is 350 g/mol. The molecule has 8 nitrogen and oxygen atoms in total. The molecule has 1 atom stereocenters. The van der Waals surface area contributed by atoms with Crippen LogP contribution < -0.4 is 0 Å². The molecule has 1 N–H and O–H groups in total. The van der Waals surface area contributed by atoms with Crippen molar-refractivity contribution in [1.29, 1.82) is 0 Å². The maximum atomic E-state index is 12.5. The number of carbonyl (C=O) groups is 2. The predicted molar refractivity (Wildman–Crippen MR) is 97.1 cm³/mol. The number of hydrazone groups is 1. The highest BCUT2D eigenvalue weighted by atomic mass is 16.6. The highest BCUT2D eigenvalue weighted by Gasteiger charge is 2.32. The van der Waals surface area contributed by atoms with E-state index in [9.17, 15) is 19.7 Å². The predicted octanol–water partition coefficient (Wildman–Crippen LogP) is 2.91. The summed E-state index contributed by atoms with van der Waals surface area (Å²) in [5.74, 6) is -1.86. The summed E-state index contributed by atoms with van der Waals surface area (Å²) < 4.78 is 0. The van der Waals surface area contributed by atoms with E-state index in [1.165, 1.54) is 17.1 Å². The molecule has 0 saturated heterocycles. The first-order valence-electron chi connectivity index (χ1n) is 8.07. The van der Waals surface area contributed by atoms with E-state index in [2.05, 4.69) is 5.10 Å². The van der Waals surface area contributed by atoms with Gasteiger partial charge in [0.2, 0.25) is 0 Å². The first kappa shape index (κ1) is 18.0. The van der Waals surface area contributed by atoms with E-state index in [0.717, 1.165) is 17.7 Å². The maximum Gasteiger partial charge on any atom is 0.328 e. The second kappa shape index (κ2) is 7.61. The van der Waals surface area contributed by atoms with Gasteiger partial charge in [-0.05, 0) is 11.1 Å². The minimum atomic E-state index is -1.25. The lowest BCUT2D eigenvalue weighted by atomic mass is 9.98. The first-order chi connectivity index (χ1) is 13.0. The highest BCUT2D eigenvalue weighted by Crippen LogP contribution is 2.34. The molecule has 0 bridgehead atoms. The van der Waals surface area contributed by atoms with Crippen LogP contribution in [0.4, 0.5) is 5.69 Å². The summed E-state index contributed by atoms with van der Waals surface area (Å²) in [6.07, 6.45) is 2.02. The van der Waals surface area contributed by atoms with Crippen molar-refractivity contribution >= 4 is 23.3 Å². The lowest BCUT2D eigenvalue weighted by Crippen LogP contribution is -2.25. The quantitative estimate of drug-likeness (QED) is 0.497. The summed E-state index contributed by atoms with van der Waals surface area (Å²) in [6.45, 7) is 0. The molecular formula is C19H15N3O5. The number of nitro benzene ring substituents is 1. The average Bonchev–Trinajstić information content (AvgIpc) is 3.12. The zero-order valence-electron chi connectivity index (χ0n) is 14.1. The second-order valence-corrected chi connectivity index (χ2v) is 5.84. The molecule has 1 amide bonds. The normalized spacial score (nSPS) is 16.4. The molecule has 1 unspecified atom stereocenters. The molecule has 27 heavy (non-hydrogen) atoms. The Kier molecular flexibility index (Phi) is 5.07. The number of carbonyl (C=O) groups excluding carboxylic acids is 1. The Bertz CT molecular complexity index is 953. The van der Waals surface area contributed by atoms with Crippen molar-refractivity contribution in [2.45, 2.75) is 12.5 Å². The van der Waals surface area contributed by atoms with Crippen LogP contribution >= 0.6 is 0 Å². The van der Waals surface area contributed by atoms with Gasteiger partial charge in [0.25, 0.3) is 11.6 Å². The van der Waals surface area contributed by atoms with E-state index in [-0.39, 0.29) is 5.69 Å². The van der Waals surface area contributed by atoms with Gasteiger partial charge in [-0.2, -0.15) is 5.10 Å². The molecule has 0 fully saturated rings. The van der Waals surface area contributed by atoms with Gasteiger partial charge in [-0.25, -0.2) is 9.80 Å². The van der Waals surface area contributed by atoms with Crippen LogP contribution in [0.1, 0.15) is 23.6 Å². The van der Waals surface area contributed by atoms with E-state index in [0.29, 0.717) is 17.7 Å². The third-order valence-corrected chi connectivity index (χ3v) is 4.08. The standard InChI is InChI=1S/C19H15N3O5/c23-18(9-10-19(24)25)21-17(14-7-4-8-15(11-14)22(26)27)12-16(20-21)13-5-2-1-3-6-13/h1-11,17H,12H2,(H,24,25). The molecule has 0 radical (unpaired) electrons. The van der Waals surface area contributed by atoms with E-state index in [1.807, 2.05) is 30.3 Å². The van der Waals surface area contributed by atoms with Crippen LogP contribution in [-0.4, -0.2) is 32.6 Å². The lowest BCUT2D eigenvalue weighted by Gasteiger charge is -2.20. The monoisotopic (exact) mass is 365 g/mol. The number of hydrogen-bond donors (Lipinski definition) is 1. The van der Waals surface area contributed by atoms with Crippen LogP contribution in [0.15, 0.2) is 71.9 Å². The smallest absolute Gasteiger partial charge is 0.328 e. The van der Waals surface area contributed by atoms with Crippen molar-refractivity contribution < 1.29 is 19.6 Å². The Hall–Kier alpha value is -3.81. The summed E-state index contributed by atoms with van der Waals surface area (Å²) in [5, 5.41) is 25.3. The van der Waals surface area contributed by atoms with Gasteiger partial charge in [-0.1, -0.05) is 42.5 Å². The Balaban J connectivity index is 1.98. The number of amides is 1. The van der Waals surface area contributed by atoms with Crippen LogP contribution in [0.5, 0.6) is 0 Å². The number of nitro groups is 1. The summed E-state index contributed by atoms with van der Waals surface area (Å²) >= 11 is 0. The fourth-order valence-electron chi connectivity index (χ4n) is 2.84. The first-order valence-corrected chi connectivity index (χ1v) is 8.07. The van der Waals surface area contributed by atoms with Crippen LogP contribution in [0.25, 0.3) is 0 Å². The summed E-state index contributed by atoms with van der Waals surface area (Å²) in [4.78, 5) is 33.7. The average molecular weight is 365 g/mol. The Morgan fingerprint density at radius 3 is 2.56 bits per heavy atom. The van der Waals surface area contributed by atoms with Gasteiger partial charge in [0.15, 0.2) is 0 Å². The number of carboxylic acids is 1. The van der Waals surface area contributed by atoms with E-state index >= 15 is 0 Å². The molecule has 3 rings (SSSR count). The number of benzene rings is 2. The van der Waals surface area contributed by atoms with E-state index < -0.39 is 22.8 Å². The molecule has 0 aromatic heterocycles. The van der Waals surface area contributed by atoms with Gasteiger partial charge in [0, 0.05) is 30.7 Å². The van der Waals surface area contributed by atoms with Crippen molar-refractivity contribution in [3.8, 4) is 0 Å². The largest absolute Gasteiger partial charge is 0.478 e. The molecule has 1 aliphatic rings. The SMILES string of the molecule is O=C(O)C=CC(=O)N1N=C(c2ccccc2)CC1c1cccc([N+](=O)[O-])c1. The second-order valence-electron chi connectivity index (χ2n) is 5.84. The van der Waals surface area contributed by atoms with E-state index in [4.69, 9.17) is 5.11 Å². The van der Waals surface area contributed by atoms with Gasteiger partial charge >= 0.3 is 5.97 Å². The lowest BCUT2D eigenvalue weighted by molar-refractivity contribution is -0.384. The topological polar surface area (TPSA) is 113 Å². The fraction of sp³-hybridized carbons (Fsp3) is 0.105. The van der Waals surface area contributed by atoms with Crippen molar-refractivity contribution in [2.24, 2.45) is 5.10 Å². The maximum absolute atomic E-state index is 12.5. The highest BCUT2D eigenvalue weighted by molar-refractivity contribution is 6.04. The van der Waals surface area contributed by atoms with Crippen LogP contribution in [0.3, 0.4) is 0 Å². The van der Waals surface area contributed by atoms with Gasteiger partial charge < -0.3 is 5.11 Å². The molecule has 1 heterocycles. The van der Waals surface area contributed by atoms with Crippen molar-refractivity contribution in [3.63, 3.8) is 0 Å². The number of hydrogen-bond acceptors (Lipinski definition) is 5. The molecule has 0 saturated carbocycles. The van der Waals surface area contributed by atoms with Gasteiger partial charge in [-0.15, -0.1) is 0 Å². The fourth-order valence-corrected chi connectivity index (χ4v) is 2.84. The zero-order chi connectivity index (χ0) is 19.4. The minimum absolute atomic E-state index is 0.0888. The van der Waals surface area contributed by atoms with Crippen LogP contribution in [0.2, 0.25) is 0 Å².